The van der Waals surface area contributed by atoms with Crippen molar-refractivity contribution in [1.82, 2.24) is 15.1 Å². The minimum atomic E-state index is 0.453. The van der Waals surface area contributed by atoms with Gasteiger partial charge in [0.25, 0.3) is 0 Å². The van der Waals surface area contributed by atoms with Gasteiger partial charge in [0.15, 0.2) is 0 Å². The minimum Gasteiger partial charge on any atom is -0.310 e. The van der Waals surface area contributed by atoms with E-state index in [9.17, 15) is 0 Å². The first-order valence-electron chi connectivity index (χ1n) is 6.10. The van der Waals surface area contributed by atoms with Crippen LogP contribution in [0.3, 0.4) is 0 Å². The van der Waals surface area contributed by atoms with Crippen molar-refractivity contribution < 1.29 is 0 Å². The fourth-order valence-corrected chi connectivity index (χ4v) is 1.94. The predicted octanol–water partition coefficient (Wildman–Crippen LogP) is 3.33. The van der Waals surface area contributed by atoms with E-state index in [4.69, 9.17) is 11.6 Å². The monoisotopic (exact) mass is 263 g/mol. The number of aryl methyl sites for hydroxylation is 1. The van der Waals surface area contributed by atoms with E-state index in [2.05, 4.69) is 24.3 Å². The summed E-state index contributed by atoms with van der Waals surface area (Å²) >= 11 is 6.29. The average Bonchev–Trinajstić information content (AvgIpc) is 2.74. The van der Waals surface area contributed by atoms with E-state index in [-0.39, 0.29) is 0 Å². The van der Waals surface area contributed by atoms with Crippen molar-refractivity contribution in [3.8, 4) is 5.69 Å². The van der Waals surface area contributed by atoms with Crippen molar-refractivity contribution in [3.05, 3.63) is 46.7 Å². The van der Waals surface area contributed by atoms with Crippen LogP contribution in [-0.2, 0) is 6.54 Å². The highest BCUT2D eigenvalue weighted by Crippen LogP contribution is 2.20. The molecule has 0 saturated carbocycles. The van der Waals surface area contributed by atoms with E-state index >= 15 is 0 Å². The molecule has 1 N–H and O–H groups in total. The van der Waals surface area contributed by atoms with Gasteiger partial charge in [-0.1, -0.05) is 31.5 Å². The third-order valence-corrected chi connectivity index (χ3v) is 3.08. The normalized spacial score (nSPS) is 11.2. The van der Waals surface area contributed by atoms with Gasteiger partial charge in [0.05, 0.1) is 11.4 Å². The summed E-state index contributed by atoms with van der Waals surface area (Å²) < 4.78 is 1.83. The van der Waals surface area contributed by atoms with Crippen LogP contribution in [0.15, 0.2) is 30.5 Å². The minimum absolute atomic E-state index is 0.453. The second-order valence-electron chi connectivity index (χ2n) is 4.71. The summed E-state index contributed by atoms with van der Waals surface area (Å²) in [6.07, 6.45) is 1.94. The second-order valence-corrected chi connectivity index (χ2v) is 5.12. The van der Waals surface area contributed by atoms with Crippen LogP contribution in [0, 0.1) is 6.92 Å². The highest BCUT2D eigenvalue weighted by atomic mass is 35.5. The van der Waals surface area contributed by atoms with Gasteiger partial charge in [-0.25, -0.2) is 4.68 Å². The summed E-state index contributed by atoms with van der Waals surface area (Å²) in [5.74, 6) is 0. The molecule has 2 rings (SSSR count). The second kappa shape index (κ2) is 5.55. The topological polar surface area (TPSA) is 29.9 Å². The van der Waals surface area contributed by atoms with Crippen LogP contribution in [0.2, 0.25) is 5.02 Å². The summed E-state index contributed by atoms with van der Waals surface area (Å²) in [5.41, 5.74) is 3.09. The number of nitrogens with one attached hydrogen (secondary N) is 1. The number of halogens is 1. The third-order valence-electron chi connectivity index (χ3n) is 2.72. The van der Waals surface area contributed by atoms with Crippen molar-refractivity contribution in [2.75, 3.05) is 0 Å². The molecule has 0 aliphatic carbocycles. The number of benzene rings is 1. The lowest BCUT2D eigenvalue weighted by atomic mass is 10.2. The van der Waals surface area contributed by atoms with E-state index in [1.54, 1.807) is 0 Å². The quantitative estimate of drug-likeness (QED) is 0.917. The van der Waals surface area contributed by atoms with Crippen molar-refractivity contribution in [3.63, 3.8) is 0 Å². The number of hydrogen-bond acceptors (Lipinski definition) is 2. The molecule has 4 heteroatoms. The van der Waals surface area contributed by atoms with Gasteiger partial charge in [0.1, 0.15) is 0 Å². The summed E-state index contributed by atoms with van der Waals surface area (Å²) in [5, 5.41) is 8.50. The lowest BCUT2D eigenvalue weighted by Gasteiger charge is -2.10. The Bertz CT molecular complexity index is 532. The van der Waals surface area contributed by atoms with Gasteiger partial charge in [-0.2, -0.15) is 5.10 Å². The molecule has 18 heavy (non-hydrogen) atoms. The van der Waals surface area contributed by atoms with Gasteiger partial charge in [0.2, 0.25) is 0 Å². The Morgan fingerprint density at radius 1 is 1.33 bits per heavy atom. The molecule has 0 fully saturated rings. The standard InChI is InChI=1S/C14H18ClN3/c1-10(2)16-9-12-4-5-13(8-14(12)15)18-7-6-11(3)17-18/h4-8,10,16H,9H2,1-3H3. The third kappa shape index (κ3) is 3.12. The molecule has 0 atom stereocenters. The molecule has 1 aromatic carbocycles. The summed E-state index contributed by atoms with van der Waals surface area (Å²) in [6.45, 7) is 7.00. The number of rotatable bonds is 4. The number of hydrogen-bond donors (Lipinski definition) is 1. The maximum atomic E-state index is 6.29. The number of aromatic nitrogens is 2. The zero-order chi connectivity index (χ0) is 13.1. The first-order valence-corrected chi connectivity index (χ1v) is 6.48. The zero-order valence-electron chi connectivity index (χ0n) is 10.9. The Kier molecular flexibility index (Phi) is 4.04. The van der Waals surface area contributed by atoms with E-state index in [1.807, 2.05) is 42.1 Å². The van der Waals surface area contributed by atoms with Crippen LogP contribution in [0.5, 0.6) is 0 Å². The molecule has 96 valence electrons. The van der Waals surface area contributed by atoms with Gasteiger partial charge in [-0.3, -0.25) is 0 Å². The van der Waals surface area contributed by atoms with Crippen LogP contribution in [0.1, 0.15) is 25.1 Å². The summed E-state index contributed by atoms with van der Waals surface area (Å²) in [7, 11) is 0. The largest absolute Gasteiger partial charge is 0.310 e. The molecule has 0 radical (unpaired) electrons. The van der Waals surface area contributed by atoms with Crippen LogP contribution < -0.4 is 5.32 Å². The lowest BCUT2D eigenvalue weighted by Crippen LogP contribution is -2.22. The van der Waals surface area contributed by atoms with E-state index in [0.29, 0.717) is 6.04 Å². The first kappa shape index (κ1) is 13.1. The molecule has 0 spiro atoms. The van der Waals surface area contributed by atoms with Crippen LogP contribution in [0.25, 0.3) is 5.69 Å². The molecule has 1 heterocycles. The molecule has 0 saturated heterocycles. The average molecular weight is 264 g/mol. The summed E-state index contributed by atoms with van der Waals surface area (Å²) in [4.78, 5) is 0. The molecule has 2 aromatic rings. The number of nitrogens with zero attached hydrogens (tertiary/aromatic N) is 2. The molecular weight excluding hydrogens is 246 g/mol. The highest BCUT2D eigenvalue weighted by Gasteiger charge is 2.04. The van der Waals surface area contributed by atoms with Crippen LogP contribution >= 0.6 is 11.6 Å². The Morgan fingerprint density at radius 3 is 2.67 bits per heavy atom. The van der Waals surface area contributed by atoms with Crippen molar-refractivity contribution >= 4 is 11.6 Å². The molecule has 0 unspecified atom stereocenters. The van der Waals surface area contributed by atoms with Crippen LogP contribution in [-0.4, -0.2) is 15.8 Å². The van der Waals surface area contributed by atoms with Gasteiger partial charge in [-0.15, -0.1) is 0 Å². The van der Waals surface area contributed by atoms with Crippen molar-refractivity contribution in [1.29, 1.82) is 0 Å². The Balaban J connectivity index is 2.19. The highest BCUT2D eigenvalue weighted by molar-refractivity contribution is 6.31. The Hall–Kier alpha value is -1.32. The van der Waals surface area contributed by atoms with Gasteiger partial charge in [0, 0.05) is 23.8 Å². The summed E-state index contributed by atoms with van der Waals surface area (Å²) in [6, 6.07) is 8.46. The first-order chi connectivity index (χ1) is 8.56. The van der Waals surface area contributed by atoms with Gasteiger partial charge in [-0.05, 0) is 30.7 Å². The molecule has 0 aliphatic rings. The van der Waals surface area contributed by atoms with Gasteiger partial charge >= 0.3 is 0 Å². The van der Waals surface area contributed by atoms with Gasteiger partial charge < -0.3 is 5.32 Å². The smallest absolute Gasteiger partial charge is 0.0660 e. The van der Waals surface area contributed by atoms with E-state index in [1.165, 1.54) is 0 Å². The van der Waals surface area contributed by atoms with Crippen LogP contribution in [0.4, 0.5) is 0 Å². The van der Waals surface area contributed by atoms with Crippen molar-refractivity contribution in [2.24, 2.45) is 0 Å². The molecule has 1 aromatic heterocycles. The predicted molar refractivity (Wildman–Crippen MR) is 75.3 cm³/mol. The lowest BCUT2D eigenvalue weighted by molar-refractivity contribution is 0.589. The molecule has 0 aliphatic heterocycles. The van der Waals surface area contributed by atoms with Crippen molar-refractivity contribution in [2.45, 2.75) is 33.4 Å². The Labute approximate surface area is 113 Å². The maximum Gasteiger partial charge on any atom is 0.0660 e. The molecular formula is C14H18ClN3. The van der Waals surface area contributed by atoms with E-state index < -0.39 is 0 Å². The molecule has 0 bridgehead atoms. The molecule has 3 nitrogen and oxygen atoms in total. The maximum absolute atomic E-state index is 6.29. The fourth-order valence-electron chi connectivity index (χ4n) is 1.70. The Morgan fingerprint density at radius 2 is 2.11 bits per heavy atom. The zero-order valence-corrected chi connectivity index (χ0v) is 11.7. The molecule has 0 amide bonds. The fraction of sp³-hybridized carbons (Fsp3) is 0.357. The SMILES string of the molecule is Cc1ccn(-c2ccc(CNC(C)C)c(Cl)c2)n1. The van der Waals surface area contributed by atoms with E-state index in [0.717, 1.165) is 28.5 Å².